The minimum Gasteiger partial charge on any atom is -0.492 e. The summed E-state index contributed by atoms with van der Waals surface area (Å²) in [5.74, 6) is 2.23. The Labute approximate surface area is 209 Å². The number of nitrogens with zero attached hydrogens (tertiary/aromatic N) is 1. The zero-order chi connectivity index (χ0) is 24.3. The molecule has 2 aliphatic heterocycles. The molecule has 0 amide bonds. The first-order valence-electron chi connectivity index (χ1n) is 12.9. The smallest absolute Gasteiger partial charge is 0.124 e. The van der Waals surface area contributed by atoms with E-state index in [4.69, 9.17) is 14.2 Å². The average molecular weight is 472 g/mol. The highest BCUT2D eigenvalue weighted by atomic mass is 16.5. The van der Waals surface area contributed by atoms with Crippen molar-refractivity contribution < 1.29 is 14.2 Å². The minimum absolute atomic E-state index is 0.173. The molecule has 5 rings (SSSR count). The molecule has 2 aliphatic rings. The fourth-order valence-corrected chi connectivity index (χ4v) is 5.80. The van der Waals surface area contributed by atoms with Crippen molar-refractivity contribution in [2.45, 2.75) is 50.7 Å². The first-order chi connectivity index (χ1) is 17.0. The Morgan fingerprint density at radius 2 is 1.66 bits per heavy atom. The Hall–Kier alpha value is -2.82. The zero-order valence-electron chi connectivity index (χ0n) is 21.2. The molecule has 35 heavy (non-hydrogen) atoms. The third-order valence-corrected chi connectivity index (χ3v) is 7.45. The van der Waals surface area contributed by atoms with Crippen molar-refractivity contribution in [2.24, 2.45) is 0 Å². The predicted octanol–water partition coefficient (Wildman–Crippen LogP) is 6.39. The van der Waals surface area contributed by atoms with Gasteiger partial charge in [-0.3, -0.25) is 4.90 Å². The largest absolute Gasteiger partial charge is 0.492 e. The van der Waals surface area contributed by atoms with Crippen LogP contribution in [0.1, 0.15) is 60.8 Å². The molecule has 3 aromatic carbocycles. The first kappa shape index (κ1) is 23.9. The lowest BCUT2D eigenvalue weighted by Crippen LogP contribution is -2.43. The molecule has 0 radical (unpaired) electrons. The van der Waals surface area contributed by atoms with Crippen LogP contribution in [-0.2, 0) is 11.3 Å². The first-order valence-corrected chi connectivity index (χ1v) is 12.9. The topological polar surface area (TPSA) is 30.9 Å². The second-order valence-electron chi connectivity index (χ2n) is 10.3. The van der Waals surface area contributed by atoms with Gasteiger partial charge in [-0.15, -0.1) is 0 Å². The highest BCUT2D eigenvalue weighted by Crippen LogP contribution is 2.53. The molecule has 0 unspecified atom stereocenters. The Morgan fingerprint density at radius 3 is 2.37 bits per heavy atom. The van der Waals surface area contributed by atoms with Gasteiger partial charge in [0.2, 0.25) is 0 Å². The number of ether oxygens (including phenoxy) is 3. The van der Waals surface area contributed by atoms with Crippen molar-refractivity contribution in [1.82, 2.24) is 4.90 Å². The normalized spacial score (nSPS) is 21.3. The summed E-state index contributed by atoms with van der Waals surface area (Å²) >= 11 is 0. The van der Waals surface area contributed by atoms with E-state index in [0.29, 0.717) is 6.61 Å². The summed E-state index contributed by atoms with van der Waals surface area (Å²) in [5, 5.41) is 0. The lowest BCUT2D eigenvalue weighted by Gasteiger charge is -2.46. The van der Waals surface area contributed by atoms with Crippen LogP contribution in [0.25, 0.3) is 0 Å². The van der Waals surface area contributed by atoms with Crippen LogP contribution in [0, 0.1) is 0 Å². The SMILES string of the molecule is COCc1ccc2c(c1)OC(C)(C)[C@H](c1ccccc1)[C@H]2c1ccc(OCCN2CCCC2)cc1. The van der Waals surface area contributed by atoms with E-state index in [0.717, 1.165) is 30.2 Å². The van der Waals surface area contributed by atoms with Crippen molar-refractivity contribution in [3.63, 3.8) is 0 Å². The van der Waals surface area contributed by atoms with Crippen LogP contribution in [0.5, 0.6) is 11.5 Å². The predicted molar refractivity (Wildman–Crippen MR) is 140 cm³/mol. The van der Waals surface area contributed by atoms with Crippen LogP contribution in [0.4, 0.5) is 0 Å². The second kappa shape index (κ2) is 10.4. The van der Waals surface area contributed by atoms with Gasteiger partial charge in [-0.25, -0.2) is 0 Å². The highest BCUT2D eigenvalue weighted by molar-refractivity contribution is 5.51. The second-order valence-corrected chi connectivity index (χ2v) is 10.3. The molecule has 0 bridgehead atoms. The molecule has 0 saturated carbocycles. The van der Waals surface area contributed by atoms with Crippen molar-refractivity contribution in [3.05, 3.63) is 95.1 Å². The van der Waals surface area contributed by atoms with E-state index < -0.39 is 0 Å². The number of rotatable bonds is 8. The number of likely N-dealkylation sites (tertiary alicyclic amines) is 1. The van der Waals surface area contributed by atoms with Crippen LogP contribution in [0.3, 0.4) is 0 Å². The maximum Gasteiger partial charge on any atom is 0.124 e. The average Bonchev–Trinajstić information content (AvgIpc) is 3.37. The quantitative estimate of drug-likeness (QED) is 0.381. The van der Waals surface area contributed by atoms with Gasteiger partial charge in [-0.05, 0) is 74.7 Å². The van der Waals surface area contributed by atoms with Crippen LogP contribution in [0.2, 0.25) is 0 Å². The molecule has 1 fully saturated rings. The molecule has 0 N–H and O–H groups in total. The number of benzene rings is 3. The highest BCUT2D eigenvalue weighted by Gasteiger charge is 2.45. The van der Waals surface area contributed by atoms with Gasteiger partial charge in [-0.1, -0.05) is 54.6 Å². The summed E-state index contributed by atoms with van der Waals surface area (Å²) in [4.78, 5) is 2.48. The number of hydrogen-bond donors (Lipinski definition) is 0. The Balaban J connectivity index is 1.46. The molecule has 0 spiro atoms. The number of methoxy groups -OCH3 is 1. The Bertz CT molecular complexity index is 1100. The molecule has 0 aromatic heterocycles. The Morgan fingerprint density at radius 1 is 0.914 bits per heavy atom. The molecule has 1 saturated heterocycles. The lowest BCUT2D eigenvalue weighted by molar-refractivity contribution is 0.0527. The van der Waals surface area contributed by atoms with Gasteiger partial charge >= 0.3 is 0 Å². The van der Waals surface area contributed by atoms with Crippen molar-refractivity contribution in [1.29, 1.82) is 0 Å². The summed E-state index contributed by atoms with van der Waals surface area (Å²) in [6, 6.07) is 26.0. The lowest BCUT2D eigenvalue weighted by atomic mass is 9.68. The van der Waals surface area contributed by atoms with Gasteiger partial charge in [0.1, 0.15) is 23.7 Å². The molecular weight excluding hydrogens is 434 g/mol. The molecule has 2 heterocycles. The van der Waals surface area contributed by atoms with E-state index in [1.807, 2.05) is 0 Å². The third-order valence-electron chi connectivity index (χ3n) is 7.45. The molecule has 4 nitrogen and oxygen atoms in total. The molecule has 2 atom stereocenters. The van der Waals surface area contributed by atoms with Crippen LogP contribution >= 0.6 is 0 Å². The van der Waals surface area contributed by atoms with Crippen LogP contribution < -0.4 is 9.47 Å². The van der Waals surface area contributed by atoms with Crippen molar-refractivity contribution in [2.75, 3.05) is 33.4 Å². The third kappa shape index (κ3) is 5.24. The molecule has 4 heteroatoms. The summed E-state index contributed by atoms with van der Waals surface area (Å²) < 4.78 is 18.1. The summed E-state index contributed by atoms with van der Waals surface area (Å²) in [6.45, 7) is 9.14. The minimum atomic E-state index is -0.379. The van der Waals surface area contributed by atoms with Gasteiger partial charge in [0.15, 0.2) is 0 Å². The van der Waals surface area contributed by atoms with E-state index in [1.165, 1.54) is 42.6 Å². The maximum absolute atomic E-state index is 6.67. The van der Waals surface area contributed by atoms with Crippen molar-refractivity contribution >= 4 is 0 Å². The van der Waals surface area contributed by atoms with Gasteiger partial charge in [0, 0.05) is 31.1 Å². The summed E-state index contributed by atoms with van der Waals surface area (Å²) in [5.41, 5.74) is 4.54. The van der Waals surface area contributed by atoms with E-state index in [2.05, 4.69) is 91.5 Å². The van der Waals surface area contributed by atoms with E-state index in [9.17, 15) is 0 Å². The fourth-order valence-electron chi connectivity index (χ4n) is 5.80. The summed E-state index contributed by atoms with van der Waals surface area (Å²) in [6.07, 6.45) is 2.63. The summed E-state index contributed by atoms with van der Waals surface area (Å²) in [7, 11) is 1.73. The standard InChI is InChI=1S/C31H37NO3/c1-31(2)30(25-9-5-4-6-10-25)29(27-16-11-23(22-33-3)21-28(27)35-31)24-12-14-26(15-13-24)34-20-19-32-17-7-8-18-32/h4-6,9-16,21,29-30H,7-8,17-20,22H2,1-3H3/t29-,30+/m0/s1. The van der Waals surface area contributed by atoms with E-state index in [-0.39, 0.29) is 17.4 Å². The van der Waals surface area contributed by atoms with E-state index in [1.54, 1.807) is 7.11 Å². The monoisotopic (exact) mass is 471 g/mol. The van der Waals surface area contributed by atoms with Gasteiger partial charge in [0.25, 0.3) is 0 Å². The van der Waals surface area contributed by atoms with Crippen molar-refractivity contribution in [3.8, 4) is 11.5 Å². The van der Waals surface area contributed by atoms with Gasteiger partial charge < -0.3 is 14.2 Å². The fraction of sp³-hybridized carbons (Fsp3) is 0.419. The maximum atomic E-state index is 6.67. The zero-order valence-corrected chi connectivity index (χ0v) is 21.2. The molecule has 184 valence electrons. The van der Waals surface area contributed by atoms with Crippen LogP contribution in [0.15, 0.2) is 72.8 Å². The van der Waals surface area contributed by atoms with Crippen LogP contribution in [-0.4, -0.2) is 43.9 Å². The molecule has 0 aliphatic carbocycles. The number of hydrogen-bond acceptors (Lipinski definition) is 4. The number of fused-ring (bicyclic) bond motifs is 1. The molecular formula is C31H37NO3. The molecule has 3 aromatic rings. The van der Waals surface area contributed by atoms with Gasteiger partial charge in [-0.2, -0.15) is 0 Å². The van der Waals surface area contributed by atoms with E-state index >= 15 is 0 Å². The van der Waals surface area contributed by atoms with Gasteiger partial charge in [0.05, 0.1) is 6.61 Å². The Kier molecular flexibility index (Phi) is 7.12.